The van der Waals surface area contributed by atoms with Crippen LogP contribution in [0.3, 0.4) is 0 Å². The van der Waals surface area contributed by atoms with Crippen molar-refractivity contribution in [1.82, 2.24) is 10.2 Å². The van der Waals surface area contributed by atoms with Crippen molar-refractivity contribution in [2.45, 2.75) is 57.2 Å². The summed E-state index contributed by atoms with van der Waals surface area (Å²) < 4.78 is 31.7. The van der Waals surface area contributed by atoms with Crippen molar-refractivity contribution in [3.63, 3.8) is 0 Å². The van der Waals surface area contributed by atoms with Crippen LogP contribution in [0.1, 0.15) is 55.5 Å². The minimum atomic E-state index is -5.08. The van der Waals surface area contributed by atoms with Crippen LogP contribution in [-0.4, -0.2) is 59.6 Å². The number of carboxylic acid groups (broad SMARTS) is 1. The molecule has 176 valence electrons. The number of carboxylic acids is 1. The topological polar surface area (TPSA) is 98.7 Å². The van der Waals surface area contributed by atoms with Crippen molar-refractivity contribution in [2.24, 2.45) is 5.92 Å². The molecule has 3 aliphatic rings. The first-order valence-electron chi connectivity index (χ1n) is 10.7. The Kier molecular flexibility index (Phi) is 6.83. The lowest BCUT2D eigenvalue weighted by molar-refractivity contribution is -0.192. The Bertz CT molecular complexity index is 889. The minimum Gasteiger partial charge on any atom is -0.475 e. The Morgan fingerprint density at radius 2 is 1.84 bits per heavy atom. The second-order valence-corrected chi connectivity index (χ2v) is 9.04. The van der Waals surface area contributed by atoms with E-state index in [0.717, 1.165) is 56.6 Å². The number of nitrogens with one attached hydrogen (secondary N) is 2. The third kappa shape index (κ3) is 5.40. The van der Waals surface area contributed by atoms with Crippen LogP contribution >= 0.6 is 0 Å². The van der Waals surface area contributed by atoms with Crippen LogP contribution in [0.2, 0.25) is 0 Å². The summed E-state index contributed by atoms with van der Waals surface area (Å²) in [7, 11) is 0. The number of hydrogen-bond donors (Lipinski definition) is 3. The van der Waals surface area contributed by atoms with E-state index in [1.165, 1.54) is 0 Å². The van der Waals surface area contributed by atoms with Gasteiger partial charge in [-0.15, -0.1) is 0 Å². The third-order valence-electron chi connectivity index (χ3n) is 5.97. The number of fused-ring (bicyclic) bond motifs is 2. The Hall–Kier alpha value is -2.62. The molecular formula is C22H28F3N3O4. The number of benzene rings is 1. The fourth-order valence-corrected chi connectivity index (χ4v) is 4.18. The van der Waals surface area contributed by atoms with Gasteiger partial charge in [0.2, 0.25) is 5.91 Å². The Labute approximate surface area is 184 Å². The van der Waals surface area contributed by atoms with Crippen molar-refractivity contribution in [3.05, 3.63) is 29.3 Å². The molecule has 1 aliphatic carbocycles. The zero-order valence-corrected chi connectivity index (χ0v) is 18.1. The highest BCUT2D eigenvalue weighted by Crippen LogP contribution is 2.45. The van der Waals surface area contributed by atoms with E-state index in [-0.39, 0.29) is 11.8 Å². The Morgan fingerprint density at radius 1 is 1.25 bits per heavy atom. The summed E-state index contributed by atoms with van der Waals surface area (Å²) in [6, 6.07) is 6.01. The molecule has 2 fully saturated rings. The molecule has 32 heavy (non-hydrogen) atoms. The van der Waals surface area contributed by atoms with E-state index >= 15 is 0 Å². The first-order valence-corrected chi connectivity index (χ1v) is 10.7. The van der Waals surface area contributed by atoms with E-state index < -0.39 is 17.6 Å². The molecule has 10 heteroatoms. The average Bonchev–Trinajstić information content (AvgIpc) is 3.47. The molecule has 0 atom stereocenters. The normalized spacial score (nSPS) is 19.8. The van der Waals surface area contributed by atoms with E-state index in [0.29, 0.717) is 17.5 Å². The summed E-state index contributed by atoms with van der Waals surface area (Å²) in [4.78, 5) is 36.5. The number of aliphatic carboxylic acids is 1. The molecule has 1 aromatic carbocycles. The molecule has 4 rings (SSSR count). The number of alkyl halides is 3. The molecule has 2 amide bonds. The summed E-state index contributed by atoms with van der Waals surface area (Å²) in [6.07, 6.45) is -1.28. The van der Waals surface area contributed by atoms with Crippen molar-refractivity contribution in [3.8, 4) is 0 Å². The summed E-state index contributed by atoms with van der Waals surface area (Å²) in [5.74, 6) is -2.03. The number of amides is 2. The van der Waals surface area contributed by atoms with E-state index in [1.807, 2.05) is 18.2 Å². The highest BCUT2D eigenvalue weighted by atomic mass is 19.4. The number of piperidine rings is 1. The van der Waals surface area contributed by atoms with Crippen molar-refractivity contribution < 1.29 is 32.7 Å². The van der Waals surface area contributed by atoms with Crippen LogP contribution in [0.5, 0.6) is 0 Å². The smallest absolute Gasteiger partial charge is 0.475 e. The highest BCUT2D eigenvalue weighted by molar-refractivity contribution is 6.07. The summed E-state index contributed by atoms with van der Waals surface area (Å²) >= 11 is 0. The average molecular weight is 455 g/mol. The molecule has 1 saturated carbocycles. The Balaban J connectivity index is 0.000000360. The highest BCUT2D eigenvalue weighted by Gasteiger charge is 2.48. The zero-order chi connectivity index (χ0) is 23.7. The van der Waals surface area contributed by atoms with Gasteiger partial charge < -0.3 is 20.6 Å². The van der Waals surface area contributed by atoms with E-state index in [9.17, 15) is 22.8 Å². The van der Waals surface area contributed by atoms with Crippen molar-refractivity contribution in [1.29, 1.82) is 0 Å². The number of likely N-dealkylation sites (tertiary alicyclic amines) is 1. The van der Waals surface area contributed by atoms with Gasteiger partial charge in [0.25, 0.3) is 5.91 Å². The van der Waals surface area contributed by atoms with E-state index in [2.05, 4.69) is 29.4 Å². The van der Waals surface area contributed by atoms with Crippen LogP contribution in [0.15, 0.2) is 18.2 Å². The first kappa shape index (κ1) is 24.0. The number of halogens is 3. The number of rotatable bonds is 4. The molecule has 1 aromatic rings. The van der Waals surface area contributed by atoms with Gasteiger partial charge in [-0.25, -0.2) is 4.79 Å². The van der Waals surface area contributed by atoms with Crippen LogP contribution in [0.25, 0.3) is 0 Å². The molecule has 0 aromatic heterocycles. The molecule has 2 aliphatic heterocycles. The second kappa shape index (κ2) is 9.09. The van der Waals surface area contributed by atoms with Gasteiger partial charge in [0.15, 0.2) is 0 Å². The fourth-order valence-electron chi connectivity index (χ4n) is 4.18. The lowest BCUT2D eigenvalue weighted by atomic mass is 9.73. The van der Waals surface area contributed by atoms with Gasteiger partial charge in [-0.3, -0.25) is 9.59 Å². The van der Waals surface area contributed by atoms with Crippen molar-refractivity contribution in [2.75, 3.05) is 25.0 Å². The minimum absolute atomic E-state index is 0.0166. The van der Waals surface area contributed by atoms with Crippen LogP contribution in [0, 0.1) is 5.92 Å². The SMILES string of the molecule is CC(C)CN1CCC2(CC1)C(=O)Nc1ccc(C(=O)NC3CC3)cc12.O=C(O)C(F)(F)F. The maximum atomic E-state index is 12.8. The maximum absolute atomic E-state index is 12.8. The van der Waals surface area contributed by atoms with Gasteiger partial charge in [-0.1, -0.05) is 13.8 Å². The van der Waals surface area contributed by atoms with E-state index in [4.69, 9.17) is 9.90 Å². The Morgan fingerprint density at radius 3 is 2.34 bits per heavy atom. The molecule has 7 nitrogen and oxygen atoms in total. The van der Waals surface area contributed by atoms with Gasteiger partial charge in [0.05, 0.1) is 5.41 Å². The van der Waals surface area contributed by atoms with Crippen LogP contribution < -0.4 is 10.6 Å². The number of anilines is 1. The summed E-state index contributed by atoms with van der Waals surface area (Å²) in [5, 5.41) is 13.2. The summed E-state index contributed by atoms with van der Waals surface area (Å²) in [6.45, 7) is 7.40. The number of hydrogen-bond acceptors (Lipinski definition) is 4. The summed E-state index contributed by atoms with van der Waals surface area (Å²) in [5.41, 5.74) is 2.11. The molecular weight excluding hydrogens is 427 g/mol. The number of nitrogens with zero attached hydrogens (tertiary/aromatic N) is 1. The molecule has 0 bridgehead atoms. The quantitative estimate of drug-likeness (QED) is 0.648. The second-order valence-electron chi connectivity index (χ2n) is 9.04. The molecule has 0 unspecified atom stereocenters. The van der Waals surface area contributed by atoms with E-state index in [1.54, 1.807) is 0 Å². The number of carbonyl (C=O) groups is 3. The van der Waals surface area contributed by atoms with Crippen molar-refractivity contribution >= 4 is 23.5 Å². The van der Waals surface area contributed by atoms with Gasteiger partial charge in [0.1, 0.15) is 0 Å². The standard InChI is InChI=1S/C20H27N3O2.C2HF3O2/c1-13(2)12-23-9-7-20(8-10-23)16-11-14(18(24)21-15-4-5-15)3-6-17(16)22-19(20)25;3-2(4,5)1(6)7/h3,6,11,13,15H,4-5,7-10,12H2,1-2H3,(H,21,24)(H,22,25);(H,6,7). The van der Waals surface area contributed by atoms with Gasteiger partial charge in [-0.2, -0.15) is 13.2 Å². The zero-order valence-electron chi connectivity index (χ0n) is 18.1. The molecule has 1 saturated heterocycles. The lowest BCUT2D eigenvalue weighted by Gasteiger charge is -2.38. The molecule has 2 heterocycles. The van der Waals surface area contributed by atoms with Crippen LogP contribution in [-0.2, 0) is 15.0 Å². The van der Waals surface area contributed by atoms with Gasteiger partial charge >= 0.3 is 12.1 Å². The van der Waals surface area contributed by atoms with Crippen LogP contribution in [0.4, 0.5) is 18.9 Å². The maximum Gasteiger partial charge on any atom is 0.490 e. The molecule has 3 N–H and O–H groups in total. The third-order valence-corrected chi connectivity index (χ3v) is 5.97. The monoisotopic (exact) mass is 455 g/mol. The molecule has 0 radical (unpaired) electrons. The van der Waals surface area contributed by atoms with Gasteiger partial charge in [-0.05, 0) is 68.5 Å². The number of carbonyl (C=O) groups excluding carboxylic acids is 2. The lowest BCUT2D eigenvalue weighted by Crippen LogP contribution is -2.47. The predicted molar refractivity (Wildman–Crippen MR) is 111 cm³/mol. The fraction of sp³-hybridized carbons (Fsp3) is 0.591. The predicted octanol–water partition coefficient (Wildman–Crippen LogP) is 3.15. The van der Waals surface area contributed by atoms with Gasteiger partial charge in [0, 0.05) is 23.8 Å². The molecule has 1 spiro atoms. The largest absolute Gasteiger partial charge is 0.490 e. The first-order chi connectivity index (χ1) is 14.9.